The quantitative estimate of drug-likeness (QED) is 0.147. The molecule has 1 aliphatic heterocycles. The molecule has 0 spiro atoms. The van der Waals surface area contributed by atoms with Gasteiger partial charge >= 0.3 is 0 Å². The van der Waals surface area contributed by atoms with Gasteiger partial charge in [-0.3, -0.25) is 4.99 Å². The molecule has 0 aliphatic carbocycles. The fraction of sp³-hybridized carbons (Fsp3) is 0.100. The van der Waals surface area contributed by atoms with Crippen molar-refractivity contribution < 1.29 is 8.42 Å². The van der Waals surface area contributed by atoms with Crippen molar-refractivity contribution in [3.05, 3.63) is 199 Å². The lowest BCUT2D eigenvalue weighted by atomic mass is 9.92. The van der Waals surface area contributed by atoms with Gasteiger partial charge in [0.15, 0.2) is 0 Å². The number of fused-ring (bicyclic) bond motifs is 3. The molecule has 7 aromatic carbocycles. The highest BCUT2D eigenvalue weighted by molar-refractivity contribution is 7.92. The molecule has 0 saturated heterocycles. The second-order valence-corrected chi connectivity index (χ2v) is 15.1. The molecule has 0 saturated carbocycles. The third-order valence-corrected chi connectivity index (χ3v) is 11.7. The Labute approximate surface area is 320 Å². The van der Waals surface area contributed by atoms with Crippen LogP contribution in [0.15, 0.2) is 197 Å². The Kier molecular flexibility index (Phi) is 10.7. The van der Waals surface area contributed by atoms with Crippen LogP contribution in [-0.2, 0) is 9.84 Å². The zero-order chi connectivity index (χ0) is 37.7. The summed E-state index contributed by atoms with van der Waals surface area (Å²) in [5, 5.41) is 0. The van der Waals surface area contributed by atoms with E-state index in [0.29, 0.717) is 20.9 Å². The number of benzene rings is 7. The molecule has 54 heavy (non-hydrogen) atoms. The molecule has 0 aromatic heterocycles. The number of hydrogen-bond acceptors (Lipinski definition) is 3. The van der Waals surface area contributed by atoms with Gasteiger partial charge in [0.1, 0.15) is 0 Å². The molecular formula is C50H43NO2S. The van der Waals surface area contributed by atoms with Crippen molar-refractivity contribution in [1.29, 1.82) is 0 Å². The SMILES string of the molecule is CC.CC(=N/C(=C\C(C)c1ccccc1)c1cccc2c1-c1cc(-c3ccc(-c4ccccc4)cc3)ccc1S2(=O)=O)c1ccc(-c2ccccc2)cc1. The number of hydrogen-bond donors (Lipinski definition) is 0. The lowest BCUT2D eigenvalue weighted by molar-refractivity contribution is 0.598. The van der Waals surface area contributed by atoms with Gasteiger partial charge in [-0.15, -0.1) is 0 Å². The van der Waals surface area contributed by atoms with Crippen LogP contribution >= 0.6 is 0 Å². The minimum absolute atomic E-state index is 0.0241. The Morgan fingerprint density at radius 3 is 1.59 bits per heavy atom. The summed E-state index contributed by atoms with van der Waals surface area (Å²) in [6.45, 7) is 8.17. The van der Waals surface area contributed by atoms with Crippen molar-refractivity contribution in [2.24, 2.45) is 4.99 Å². The second-order valence-electron chi connectivity index (χ2n) is 13.2. The van der Waals surface area contributed by atoms with E-state index in [1.807, 2.05) is 99.6 Å². The van der Waals surface area contributed by atoms with Gasteiger partial charge in [0.25, 0.3) is 0 Å². The molecule has 7 aromatic rings. The van der Waals surface area contributed by atoms with Crippen LogP contribution in [0.5, 0.6) is 0 Å². The van der Waals surface area contributed by atoms with Crippen molar-refractivity contribution in [3.63, 3.8) is 0 Å². The highest BCUT2D eigenvalue weighted by Gasteiger charge is 2.35. The average Bonchev–Trinajstić information content (AvgIpc) is 3.47. The van der Waals surface area contributed by atoms with Gasteiger partial charge in [-0.25, -0.2) is 8.42 Å². The molecule has 1 unspecified atom stereocenters. The Bertz CT molecular complexity index is 2560. The maximum absolute atomic E-state index is 14.1. The zero-order valence-corrected chi connectivity index (χ0v) is 31.9. The van der Waals surface area contributed by atoms with E-state index in [0.717, 1.165) is 61.5 Å². The molecule has 0 radical (unpaired) electrons. The van der Waals surface area contributed by atoms with E-state index in [9.17, 15) is 8.42 Å². The Balaban J connectivity index is 0.00000221. The summed E-state index contributed by atoms with van der Waals surface area (Å²) in [5.74, 6) is 0.0241. The first-order valence-corrected chi connectivity index (χ1v) is 20.0. The van der Waals surface area contributed by atoms with E-state index in [4.69, 9.17) is 4.99 Å². The number of nitrogens with zero attached hydrogens (tertiary/aromatic N) is 1. The van der Waals surface area contributed by atoms with E-state index < -0.39 is 9.84 Å². The molecule has 8 rings (SSSR count). The van der Waals surface area contributed by atoms with Crippen LogP contribution in [-0.4, -0.2) is 14.1 Å². The second kappa shape index (κ2) is 15.9. The van der Waals surface area contributed by atoms with E-state index in [1.165, 1.54) is 0 Å². The molecule has 0 fully saturated rings. The van der Waals surface area contributed by atoms with Gasteiger partial charge in [0, 0.05) is 28.3 Å². The molecule has 0 bridgehead atoms. The van der Waals surface area contributed by atoms with Crippen LogP contribution in [0.25, 0.3) is 50.2 Å². The van der Waals surface area contributed by atoms with E-state index in [2.05, 4.69) is 97.9 Å². The molecule has 4 heteroatoms. The molecule has 1 atom stereocenters. The zero-order valence-electron chi connectivity index (χ0n) is 31.1. The van der Waals surface area contributed by atoms with Gasteiger partial charge in [-0.2, -0.15) is 0 Å². The summed E-state index contributed by atoms with van der Waals surface area (Å²) in [6, 6.07) is 59.1. The minimum Gasteiger partial charge on any atom is -0.253 e. The summed E-state index contributed by atoms with van der Waals surface area (Å²) in [5.41, 5.74) is 12.5. The third-order valence-electron chi connectivity index (χ3n) is 9.89. The van der Waals surface area contributed by atoms with Crippen molar-refractivity contribution >= 4 is 21.2 Å². The maximum Gasteiger partial charge on any atom is 0.207 e. The first-order valence-electron chi connectivity index (χ1n) is 18.5. The van der Waals surface area contributed by atoms with Crippen LogP contribution in [0.2, 0.25) is 0 Å². The van der Waals surface area contributed by atoms with E-state index in [-0.39, 0.29) is 5.92 Å². The Hall–Kier alpha value is -6.10. The van der Waals surface area contributed by atoms with Gasteiger partial charge in [0.05, 0.1) is 15.5 Å². The lowest BCUT2D eigenvalue weighted by Gasteiger charge is -2.15. The fourth-order valence-corrected chi connectivity index (χ4v) is 8.73. The number of allylic oxidation sites excluding steroid dienone is 1. The molecule has 3 nitrogen and oxygen atoms in total. The number of aliphatic imine (C=N–C) groups is 1. The number of sulfone groups is 1. The fourth-order valence-electron chi connectivity index (χ4n) is 7.05. The minimum atomic E-state index is -3.73. The standard InChI is InChI=1S/C48H37NO2S.C2H6/c1-33(35-13-6-3-7-14-35)31-45(49-34(2)36-21-23-39(24-22-36)37-15-8-4-9-16-37)43-19-12-20-47-48(43)44-32-42(29-30-46(44)52(47,50)51)41-27-25-40(26-28-41)38-17-10-5-11-18-38;1-2/h3-33H,1-2H3;1-2H3/b45-31-,49-34?;. The van der Waals surface area contributed by atoms with Crippen LogP contribution in [0.3, 0.4) is 0 Å². The van der Waals surface area contributed by atoms with Crippen LogP contribution in [0.1, 0.15) is 50.3 Å². The molecule has 1 heterocycles. The van der Waals surface area contributed by atoms with Crippen LogP contribution in [0.4, 0.5) is 0 Å². The lowest BCUT2D eigenvalue weighted by Crippen LogP contribution is -2.00. The van der Waals surface area contributed by atoms with Crippen molar-refractivity contribution in [1.82, 2.24) is 0 Å². The highest BCUT2D eigenvalue weighted by atomic mass is 32.2. The van der Waals surface area contributed by atoms with Crippen molar-refractivity contribution in [3.8, 4) is 44.5 Å². The van der Waals surface area contributed by atoms with Gasteiger partial charge in [-0.1, -0.05) is 185 Å². The van der Waals surface area contributed by atoms with Gasteiger partial charge in [0.2, 0.25) is 9.84 Å². The normalized spacial score (nSPS) is 13.6. The summed E-state index contributed by atoms with van der Waals surface area (Å²) >= 11 is 0. The molecule has 1 aliphatic rings. The molecule has 0 N–H and O–H groups in total. The van der Waals surface area contributed by atoms with Crippen LogP contribution in [0, 0.1) is 0 Å². The van der Waals surface area contributed by atoms with Gasteiger partial charge < -0.3 is 0 Å². The summed E-state index contributed by atoms with van der Waals surface area (Å²) in [4.78, 5) is 5.93. The third kappa shape index (κ3) is 7.26. The predicted octanol–water partition coefficient (Wildman–Crippen LogP) is 13.2. The topological polar surface area (TPSA) is 46.5 Å². The highest BCUT2D eigenvalue weighted by Crippen LogP contribution is 2.48. The van der Waals surface area contributed by atoms with E-state index >= 15 is 0 Å². The Morgan fingerprint density at radius 1 is 0.537 bits per heavy atom. The van der Waals surface area contributed by atoms with E-state index in [1.54, 1.807) is 12.1 Å². The monoisotopic (exact) mass is 721 g/mol. The summed E-state index contributed by atoms with van der Waals surface area (Å²) < 4.78 is 28.2. The molecule has 266 valence electrons. The van der Waals surface area contributed by atoms with Crippen LogP contribution < -0.4 is 0 Å². The first-order chi connectivity index (χ1) is 26.4. The van der Waals surface area contributed by atoms with Crippen molar-refractivity contribution in [2.75, 3.05) is 0 Å². The number of rotatable bonds is 8. The molecule has 0 amide bonds. The predicted molar refractivity (Wildman–Crippen MR) is 226 cm³/mol. The summed E-state index contributed by atoms with van der Waals surface area (Å²) in [6.07, 6.45) is 2.16. The molecular weight excluding hydrogens is 679 g/mol. The van der Waals surface area contributed by atoms with Gasteiger partial charge in [-0.05, 0) is 69.6 Å². The summed E-state index contributed by atoms with van der Waals surface area (Å²) in [7, 11) is -3.73. The maximum atomic E-state index is 14.1. The average molecular weight is 722 g/mol. The smallest absolute Gasteiger partial charge is 0.207 e. The van der Waals surface area contributed by atoms with Crippen molar-refractivity contribution in [2.45, 2.75) is 43.4 Å². The largest absolute Gasteiger partial charge is 0.253 e. The Morgan fingerprint density at radius 2 is 1.02 bits per heavy atom. The first kappa shape index (κ1) is 36.3.